The largest absolute Gasteiger partial charge is 0.375 e. The van der Waals surface area contributed by atoms with Crippen LogP contribution in [0.25, 0.3) is 0 Å². The summed E-state index contributed by atoms with van der Waals surface area (Å²) in [6.07, 6.45) is 2.08. The van der Waals surface area contributed by atoms with Crippen molar-refractivity contribution in [1.82, 2.24) is 10.6 Å². The highest BCUT2D eigenvalue weighted by Gasteiger charge is 2.12. The normalized spacial score (nSPS) is 17.6. The van der Waals surface area contributed by atoms with Crippen molar-refractivity contribution < 1.29 is 14.3 Å². The van der Waals surface area contributed by atoms with Gasteiger partial charge in [0.2, 0.25) is 5.91 Å². The Morgan fingerprint density at radius 1 is 1.43 bits per heavy atom. The van der Waals surface area contributed by atoms with Crippen molar-refractivity contribution in [1.29, 1.82) is 0 Å². The van der Waals surface area contributed by atoms with Gasteiger partial charge < -0.3 is 20.1 Å². The monoisotopic (exact) mass is 342 g/mol. The van der Waals surface area contributed by atoms with Gasteiger partial charge in [0.15, 0.2) is 0 Å². The van der Waals surface area contributed by atoms with E-state index in [2.05, 4.69) is 17.6 Å². The second kappa shape index (κ2) is 12.3. The average Bonchev–Trinajstić information content (AvgIpc) is 2.83. The van der Waals surface area contributed by atoms with Gasteiger partial charge in [0, 0.05) is 25.2 Å². The quantitative estimate of drug-likeness (QED) is 0.859. The predicted octanol–water partition coefficient (Wildman–Crippen LogP) is 2.03. The summed E-state index contributed by atoms with van der Waals surface area (Å²) in [5, 5.41) is 6.87. The number of rotatable bonds is 5. The smallest absolute Gasteiger partial charge is 0.246 e. The Kier molecular flexibility index (Phi) is 10.6. The van der Waals surface area contributed by atoms with Crippen LogP contribution in [0.2, 0.25) is 5.02 Å². The lowest BCUT2D eigenvalue weighted by atomic mass is 10.2. The number of hydrogen-bond donors (Lipinski definition) is 2. The molecule has 2 rings (SSSR count). The van der Waals surface area contributed by atoms with Gasteiger partial charge in [-0.2, -0.15) is 0 Å². The maximum Gasteiger partial charge on any atom is 0.246 e. The first-order chi connectivity index (χ1) is 11.2. The van der Waals surface area contributed by atoms with Crippen molar-refractivity contribution in [3.05, 3.63) is 34.9 Å². The number of carbonyl (C=O) groups excluding carboxylic acids is 1. The molecule has 1 saturated heterocycles. The lowest BCUT2D eigenvalue weighted by molar-refractivity contribution is -0.125. The van der Waals surface area contributed by atoms with Gasteiger partial charge in [-0.1, -0.05) is 36.7 Å². The van der Waals surface area contributed by atoms with Gasteiger partial charge in [-0.05, 0) is 31.0 Å². The van der Waals surface area contributed by atoms with Crippen molar-refractivity contribution in [2.45, 2.75) is 25.9 Å². The van der Waals surface area contributed by atoms with Crippen molar-refractivity contribution in [3.8, 4) is 0 Å². The molecule has 5 nitrogen and oxygen atoms in total. The van der Waals surface area contributed by atoms with Gasteiger partial charge >= 0.3 is 0 Å². The summed E-state index contributed by atoms with van der Waals surface area (Å²) in [6.45, 7) is 5.34. The number of halogens is 1. The molecule has 1 aromatic carbocycles. The zero-order chi connectivity index (χ0) is 16.9. The third-order valence-electron chi connectivity index (χ3n) is 3.42. The molecule has 1 aliphatic rings. The molecule has 0 aliphatic carbocycles. The van der Waals surface area contributed by atoms with E-state index in [-0.39, 0.29) is 18.6 Å². The molecule has 1 unspecified atom stereocenters. The first-order valence-electron chi connectivity index (χ1n) is 7.98. The molecule has 0 radical (unpaired) electrons. The van der Waals surface area contributed by atoms with Gasteiger partial charge in [-0.15, -0.1) is 0 Å². The van der Waals surface area contributed by atoms with Gasteiger partial charge in [0.05, 0.1) is 12.7 Å². The molecule has 2 N–H and O–H groups in total. The van der Waals surface area contributed by atoms with Gasteiger partial charge in [-0.25, -0.2) is 0 Å². The number of hydrogen-bond acceptors (Lipinski definition) is 4. The Labute approximate surface area is 143 Å². The standard InChI is InChI=1S/C9H18N2O3.C8H9Cl/c1-13-7-9(12)11-6-8-2-3-10-4-5-14-8;1-2-7-5-3-4-6-8(7)9/h8,10H,2-7H2,1H3,(H,11,12);3-6H,2H2,1H3. The number of carbonyl (C=O) groups is 1. The van der Waals surface area contributed by atoms with Crippen molar-refractivity contribution in [2.24, 2.45) is 0 Å². The molecule has 0 spiro atoms. The molecule has 130 valence electrons. The SMILES string of the molecule is CCc1ccccc1Cl.COCC(=O)NCC1CCNCCO1. The average molecular weight is 343 g/mol. The van der Waals surface area contributed by atoms with E-state index in [1.54, 1.807) is 0 Å². The minimum atomic E-state index is -0.0895. The Hall–Kier alpha value is -1.14. The summed E-state index contributed by atoms with van der Waals surface area (Å²) in [7, 11) is 1.51. The Balaban J connectivity index is 0.000000253. The first kappa shape index (κ1) is 19.9. The van der Waals surface area contributed by atoms with Crippen LogP contribution in [0, 0.1) is 0 Å². The molecule has 0 aromatic heterocycles. The summed E-state index contributed by atoms with van der Waals surface area (Å²) in [5.74, 6) is -0.0895. The fraction of sp³-hybridized carbons (Fsp3) is 0.588. The lowest BCUT2D eigenvalue weighted by Crippen LogP contribution is -2.35. The molecular formula is C17H27ClN2O3. The Morgan fingerprint density at radius 2 is 2.22 bits per heavy atom. The third-order valence-corrected chi connectivity index (χ3v) is 3.79. The fourth-order valence-corrected chi connectivity index (χ4v) is 2.39. The molecule has 1 atom stereocenters. The van der Waals surface area contributed by atoms with E-state index in [9.17, 15) is 4.79 Å². The number of methoxy groups -OCH3 is 1. The lowest BCUT2D eigenvalue weighted by Gasteiger charge is -2.14. The molecule has 1 aromatic rings. The summed E-state index contributed by atoms with van der Waals surface area (Å²) < 4.78 is 10.2. The van der Waals surface area contributed by atoms with Crippen molar-refractivity contribution in [2.75, 3.05) is 40.0 Å². The van der Waals surface area contributed by atoms with Crippen LogP contribution in [-0.4, -0.2) is 52.0 Å². The van der Waals surface area contributed by atoms with Crippen LogP contribution in [0.5, 0.6) is 0 Å². The molecule has 1 amide bonds. The summed E-state index contributed by atoms with van der Waals surface area (Å²) >= 11 is 5.82. The van der Waals surface area contributed by atoms with E-state index in [0.717, 1.165) is 31.0 Å². The van der Waals surface area contributed by atoms with Gasteiger partial charge in [0.25, 0.3) is 0 Å². The second-order valence-corrected chi connectivity index (χ2v) is 5.62. The topological polar surface area (TPSA) is 59.6 Å². The van der Waals surface area contributed by atoms with Crippen LogP contribution >= 0.6 is 11.6 Å². The molecule has 6 heteroatoms. The molecule has 0 saturated carbocycles. The van der Waals surface area contributed by atoms with Crippen LogP contribution < -0.4 is 10.6 Å². The Morgan fingerprint density at radius 3 is 2.87 bits per heavy atom. The minimum absolute atomic E-state index is 0.0895. The number of benzene rings is 1. The van der Waals surface area contributed by atoms with E-state index in [1.165, 1.54) is 12.7 Å². The summed E-state index contributed by atoms with van der Waals surface area (Å²) in [5.41, 5.74) is 1.22. The third kappa shape index (κ3) is 8.91. The van der Waals surface area contributed by atoms with E-state index in [0.29, 0.717) is 13.2 Å². The summed E-state index contributed by atoms with van der Waals surface area (Å²) in [6, 6.07) is 7.91. The van der Waals surface area contributed by atoms with Crippen molar-refractivity contribution >= 4 is 17.5 Å². The van der Waals surface area contributed by atoms with Crippen LogP contribution in [0.3, 0.4) is 0 Å². The molecular weight excluding hydrogens is 316 g/mol. The number of amides is 1. The summed E-state index contributed by atoms with van der Waals surface area (Å²) in [4.78, 5) is 11.1. The number of ether oxygens (including phenoxy) is 2. The van der Waals surface area contributed by atoms with Crippen LogP contribution in [-0.2, 0) is 20.7 Å². The molecule has 1 heterocycles. The highest BCUT2D eigenvalue weighted by atomic mass is 35.5. The molecule has 1 aliphatic heterocycles. The van der Waals surface area contributed by atoms with Crippen molar-refractivity contribution in [3.63, 3.8) is 0 Å². The molecule has 1 fully saturated rings. The van der Waals surface area contributed by atoms with E-state index < -0.39 is 0 Å². The predicted molar refractivity (Wildman–Crippen MR) is 92.9 cm³/mol. The Bertz CT molecular complexity index is 449. The highest BCUT2D eigenvalue weighted by Crippen LogP contribution is 2.14. The van der Waals surface area contributed by atoms with Crippen LogP contribution in [0.1, 0.15) is 18.9 Å². The second-order valence-electron chi connectivity index (χ2n) is 5.21. The number of nitrogens with one attached hydrogen (secondary N) is 2. The van der Waals surface area contributed by atoms with E-state index in [4.69, 9.17) is 21.1 Å². The molecule has 0 bridgehead atoms. The maximum atomic E-state index is 11.1. The van der Waals surface area contributed by atoms with Gasteiger partial charge in [0.1, 0.15) is 6.61 Å². The first-order valence-corrected chi connectivity index (χ1v) is 8.36. The van der Waals surface area contributed by atoms with E-state index in [1.807, 2.05) is 24.3 Å². The number of aryl methyl sites for hydroxylation is 1. The zero-order valence-electron chi connectivity index (χ0n) is 13.9. The van der Waals surface area contributed by atoms with Gasteiger partial charge in [-0.3, -0.25) is 4.79 Å². The fourth-order valence-electron chi connectivity index (χ4n) is 2.13. The van der Waals surface area contributed by atoms with Crippen LogP contribution in [0.4, 0.5) is 0 Å². The molecule has 23 heavy (non-hydrogen) atoms. The highest BCUT2D eigenvalue weighted by molar-refractivity contribution is 6.31. The zero-order valence-corrected chi connectivity index (χ0v) is 14.7. The van der Waals surface area contributed by atoms with E-state index >= 15 is 0 Å². The minimum Gasteiger partial charge on any atom is -0.375 e. The van der Waals surface area contributed by atoms with Crippen LogP contribution in [0.15, 0.2) is 24.3 Å². The maximum absolute atomic E-state index is 11.1.